The number of aryl methyl sites for hydroxylation is 1. The van der Waals surface area contributed by atoms with Gasteiger partial charge in [-0.15, -0.1) is 0 Å². The predicted octanol–water partition coefficient (Wildman–Crippen LogP) is 5.49. The Labute approximate surface area is 161 Å². The van der Waals surface area contributed by atoms with Crippen LogP contribution in [0.15, 0.2) is 59.2 Å². The first-order valence-corrected chi connectivity index (χ1v) is 8.61. The van der Waals surface area contributed by atoms with Crippen molar-refractivity contribution in [1.29, 1.82) is 0 Å². The normalized spacial score (nSPS) is 11.3. The molecule has 0 atom stereocenters. The molecule has 0 fully saturated rings. The second-order valence-electron chi connectivity index (χ2n) is 5.73. The monoisotopic (exact) mass is 435 g/mol. The van der Waals surface area contributed by atoms with Crippen molar-refractivity contribution in [2.45, 2.75) is 13.1 Å². The Bertz CT molecular complexity index is 971. The Morgan fingerprint density at radius 2 is 1.67 bits per heavy atom. The van der Waals surface area contributed by atoms with Gasteiger partial charge in [0.2, 0.25) is 0 Å². The molecule has 4 nitrogen and oxygen atoms in total. The number of halogens is 4. The van der Waals surface area contributed by atoms with E-state index in [1.165, 1.54) is 18.3 Å². The highest BCUT2D eigenvalue weighted by Crippen LogP contribution is 2.30. The van der Waals surface area contributed by atoms with Crippen LogP contribution in [0.5, 0.6) is 0 Å². The van der Waals surface area contributed by atoms with E-state index in [0.29, 0.717) is 16.9 Å². The Morgan fingerprint density at radius 3 is 2.22 bits per heavy atom. The van der Waals surface area contributed by atoms with E-state index in [4.69, 9.17) is 0 Å². The number of hydrogen-bond acceptors (Lipinski definition) is 3. The number of nitrogens with zero attached hydrogens (tertiary/aromatic N) is 2. The Morgan fingerprint density at radius 1 is 1.04 bits per heavy atom. The van der Waals surface area contributed by atoms with Crippen molar-refractivity contribution in [1.82, 2.24) is 9.97 Å². The summed E-state index contributed by atoms with van der Waals surface area (Å²) in [6.45, 7) is 1.64. The van der Waals surface area contributed by atoms with Crippen LogP contribution in [0, 0.1) is 6.92 Å². The molecule has 0 bridgehead atoms. The van der Waals surface area contributed by atoms with E-state index in [0.717, 1.165) is 16.6 Å². The van der Waals surface area contributed by atoms with Gasteiger partial charge in [0.15, 0.2) is 5.82 Å². The molecule has 8 heteroatoms. The molecule has 138 valence electrons. The van der Waals surface area contributed by atoms with Crippen molar-refractivity contribution in [3.05, 3.63) is 76.0 Å². The van der Waals surface area contributed by atoms with E-state index in [-0.39, 0.29) is 17.3 Å². The third kappa shape index (κ3) is 4.51. The van der Waals surface area contributed by atoms with E-state index in [9.17, 15) is 18.0 Å². The Hall–Kier alpha value is -2.74. The lowest BCUT2D eigenvalue weighted by molar-refractivity contribution is -0.137. The van der Waals surface area contributed by atoms with Crippen LogP contribution < -0.4 is 5.32 Å². The number of aromatic nitrogens is 2. The third-order valence-electron chi connectivity index (χ3n) is 3.80. The highest BCUT2D eigenvalue weighted by molar-refractivity contribution is 9.10. The fourth-order valence-electron chi connectivity index (χ4n) is 2.37. The van der Waals surface area contributed by atoms with Gasteiger partial charge in [-0.1, -0.05) is 28.1 Å². The summed E-state index contributed by atoms with van der Waals surface area (Å²) in [6, 6.07) is 11.6. The van der Waals surface area contributed by atoms with Crippen LogP contribution in [0.25, 0.3) is 11.4 Å². The van der Waals surface area contributed by atoms with Crippen LogP contribution in [-0.2, 0) is 6.18 Å². The molecule has 0 aliphatic rings. The smallest absolute Gasteiger partial charge is 0.322 e. The van der Waals surface area contributed by atoms with Gasteiger partial charge in [-0.25, -0.2) is 9.97 Å². The molecule has 0 radical (unpaired) electrons. The minimum Gasteiger partial charge on any atom is -0.322 e. The van der Waals surface area contributed by atoms with Gasteiger partial charge in [-0.05, 0) is 43.3 Å². The number of carbonyl (C=O) groups is 1. The summed E-state index contributed by atoms with van der Waals surface area (Å²) in [6.07, 6.45) is -3.03. The number of hydrogen-bond donors (Lipinski definition) is 1. The summed E-state index contributed by atoms with van der Waals surface area (Å²) < 4.78 is 38.8. The molecule has 3 rings (SSSR count). The quantitative estimate of drug-likeness (QED) is 0.591. The van der Waals surface area contributed by atoms with Gasteiger partial charge in [0.1, 0.15) is 0 Å². The fourth-order valence-corrected chi connectivity index (χ4v) is 2.63. The topological polar surface area (TPSA) is 54.9 Å². The van der Waals surface area contributed by atoms with Gasteiger partial charge >= 0.3 is 6.18 Å². The van der Waals surface area contributed by atoms with E-state index >= 15 is 0 Å². The molecule has 1 aromatic heterocycles. The van der Waals surface area contributed by atoms with Crippen LogP contribution in [0.3, 0.4) is 0 Å². The zero-order valence-electron chi connectivity index (χ0n) is 14.0. The predicted molar refractivity (Wildman–Crippen MR) is 99.3 cm³/mol. The average molecular weight is 436 g/mol. The minimum atomic E-state index is -4.40. The third-order valence-corrected chi connectivity index (χ3v) is 4.33. The second kappa shape index (κ2) is 7.48. The van der Waals surface area contributed by atoms with Gasteiger partial charge in [-0.2, -0.15) is 13.2 Å². The minimum absolute atomic E-state index is 0.251. The molecule has 2 aromatic carbocycles. The van der Waals surface area contributed by atoms with Gasteiger partial charge in [0, 0.05) is 21.9 Å². The molecule has 3 aromatic rings. The van der Waals surface area contributed by atoms with Crippen LogP contribution >= 0.6 is 15.9 Å². The van der Waals surface area contributed by atoms with Crippen molar-refractivity contribution in [2.75, 3.05) is 5.32 Å². The van der Waals surface area contributed by atoms with E-state index < -0.39 is 11.7 Å². The summed E-state index contributed by atoms with van der Waals surface area (Å²) in [5.41, 5.74) is 1.02. The molecular formula is C19H13BrF3N3O. The van der Waals surface area contributed by atoms with Crippen LogP contribution in [0.2, 0.25) is 0 Å². The highest BCUT2D eigenvalue weighted by Gasteiger charge is 2.30. The van der Waals surface area contributed by atoms with Crippen LogP contribution in [0.4, 0.5) is 18.9 Å². The summed E-state index contributed by atoms with van der Waals surface area (Å²) in [5.74, 6) is -0.116. The highest BCUT2D eigenvalue weighted by atomic mass is 79.9. The first-order chi connectivity index (χ1) is 12.7. The van der Waals surface area contributed by atoms with Gasteiger partial charge < -0.3 is 5.32 Å². The SMILES string of the molecule is Cc1nc(-c2ccc(C(F)(F)F)cc2)ncc1C(=O)Nc1ccc(Br)cc1. The molecule has 1 N–H and O–H groups in total. The number of rotatable bonds is 3. The lowest BCUT2D eigenvalue weighted by atomic mass is 10.1. The van der Waals surface area contributed by atoms with Gasteiger partial charge in [-0.3, -0.25) is 4.79 Å². The maximum atomic E-state index is 12.7. The molecule has 27 heavy (non-hydrogen) atoms. The lowest BCUT2D eigenvalue weighted by Gasteiger charge is -2.10. The van der Waals surface area contributed by atoms with Gasteiger partial charge in [0.05, 0.1) is 16.8 Å². The number of alkyl halides is 3. The molecule has 1 amide bonds. The molecule has 0 saturated carbocycles. The fraction of sp³-hybridized carbons (Fsp3) is 0.105. The molecule has 0 unspecified atom stereocenters. The number of benzene rings is 2. The van der Waals surface area contributed by atoms with E-state index in [2.05, 4.69) is 31.2 Å². The Balaban J connectivity index is 1.81. The zero-order chi connectivity index (χ0) is 19.6. The van der Waals surface area contributed by atoms with Crippen molar-refractivity contribution in [3.63, 3.8) is 0 Å². The maximum Gasteiger partial charge on any atom is 0.416 e. The first-order valence-electron chi connectivity index (χ1n) is 7.82. The van der Waals surface area contributed by atoms with Gasteiger partial charge in [0.25, 0.3) is 5.91 Å². The molecule has 1 heterocycles. The average Bonchev–Trinajstić information content (AvgIpc) is 2.63. The maximum absolute atomic E-state index is 12.7. The summed E-state index contributed by atoms with van der Waals surface area (Å²) >= 11 is 3.32. The zero-order valence-corrected chi connectivity index (χ0v) is 15.6. The van der Waals surface area contributed by atoms with E-state index in [1.54, 1.807) is 31.2 Å². The molecule has 0 aliphatic carbocycles. The standard InChI is InChI=1S/C19H13BrF3N3O/c1-11-16(18(27)26-15-8-6-14(20)7-9-15)10-24-17(25-11)12-2-4-13(5-3-12)19(21,22)23/h2-10H,1H3,(H,26,27). The summed E-state index contributed by atoms with van der Waals surface area (Å²) in [5, 5.41) is 2.74. The number of anilines is 1. The number of carbonyl (C=O) groups excluding carboxylic acids is 1. The number of nitrogens with one attached hydrogen (secondary N) is 1. The number of amides is 1. The molecular weight excluding hydrogens is 423 g/mol. The van der Waals surface area contributed by atoms with Crippen molar-refractivity contribution in [3.8, 4) is 11.4 Å². The summed E-state index contributed by atoms with van der Waals surface area (Å²) in [4.78, 5) is 20.8. The second-order valence-corrected chi connectivity index (χ2v) is 6.64. The molecule has 0 spiro atoms. The molecule has 0 aliphatic heterocycles. The molecule has 0 saturated heterocycles. The first kappa shape index (κ1) is 19.0. The Kier molecular flexibility index (Phi) is 5.27. The largest absolute Gasteiger partial charge is 0.416 e. The van der Waals surface area contributed by atoms with Crippen molar-refractivity contribution >= 4 is 27.5 Å². The summed E-state index contributed by atoms with van der Waals surface area (Å²) in [7, 11) is 0. The van der Waals surface area contributed by atoms with Crippen LogP contribution in [-0.4, -0.2) is 15.9 Å². The van der Waals surface area contributed by atoms with Crippen molar-refractivity contribution in [2.24, 2.45) is 0 Å². The van der Waals surface area contributed by atoms with E-state index in [1.807, 2.05) is 0 Å². The van der Waals surface area contributed by atoms with Crippen molar-refractivity contribution < 1.29 is 18.0 Å². The lowest BCUT2D eigenvalue weighted by Crippen LogP contribution is -2.15. The van der Waals surface area contributed by atoms with Crippen LogP contribution in [0.1, 0.15) is 21.6 Å².